The van der Waals surface area contributed by atoms with Crippen LogP contribution in [0.3, 0.4) is 0 Å². The first-order valence-electron chi connectivity index (χ1n) is 8.09. The Morgan fingerprint density at radius 3 is 2.42 bits per heavy atom. The quantitative estimate of drug-likeness (QED) is 0.722. The van der Waals surface area contributed by atoms with E-state index in [1.807, 2.05) is 25.1 Å². The van der Waals surface area contributed by atoms with E-state index in [4.69, 9.17) is 14.6 Å². The summed E-state index contributed by atoms with van der Waals surface area (Å²) < 4.78 is 11.3. The highest BCUT2D eigenvalue weighted by molar-refractivity contribution is 5.87. The number of benzene rings is 2. The van der Waals surface area contributed by atoms with Gasteiger partial charge in [0.05, 0.1) is 18.8 Å². The van der Waals surface area contributed by atoms with Crippen LogP contribution in [0.1, 0.15) is 36.2 Å². The molecule has 0 aliphatic rings. The van der Waals surface area contributed by atoms with E-state index < -0.39 is 5.97 Å². The summed E-state index contributed by atoms with van der Waals surface area (Å²) in [6.45, 7) is 5.86. The fourth-order valence-electron chi connectivity index (χ4n) is 2.20. The van der Waals surface area contributed by atoms with Crippen molar-refractivity contribution in [2.45, 2.75) is 26.8 Å². The fraction of sp³-hybridized carbons (Fsp3) is 0.316. The third-order valence-electron chi connectivity index (χ3n) is 3.40. The molecule has 5 heteroatoms. The molecular formula is C19H23NO4. The van der Waals surface area contributed by atoms with Gasteiger partial charge in [-0.2, -0.15) is 0 Å². The van der Waals surface area contributed by atoms with E-state index in [0.29, 0.717) is 19.8 Å². The summed E-state index contributed by atoms with van der Waals surface area (Å²) in [5.41, 5.74) is 2.20. The van der Waals surface area contributed by atoms with E-state index >= 15 is 0 Å². The van der Waals surface area contributed by atoms with Gasteiger partial charge in [0.25, 0.3) is 0 Å². The number of rotatable bonds is 9. The van der Waals surface area contributed by atoms with E-state index in [-0.39, 0.29) is 5.56 Å². The lowest BCUT2D eigenvalue weighted by Crippen LogP contribution is -2.03. The van der Waals surface area contributed by atoms with Gasteiger partial charge in [-0.15, -0.1) is 0 Å². The normalized spacial score (nSPS) is 10.2. The van der Waals surface area contributed by atoms with Crippen molar-refractivity contribution in [3.05, 3.63) is 53.6 Å². The topological polar surface area (TPSA) is 67.8 Å². The third kappa shape index (κ3) is 4.91. The van der Waals surface area contributed by atoms with Crippen molar-refractivity contribution in [2.75, 3.05) is 18.5 Å². The summed E-state index contributed by atoms with van der Waals surface area (Å²) >= 11 is 0. The highest BCUT2D eigenvalue weighted by Crippen LogP contribution is 2.29. The van der Waals surface area contributed by atoms with Crippen molar-refractivity contribution >= 4 is 11.7 Å². The molecule has 2 aromatic carbocycles. The second-order valence-corrected chi connectivity index (χ2v) is 5.30. The number of carboxylic acids is 1. The Bertz CT molecular complexity index is 668. The Balaban J connectivity index is 2.03. The molecule has 0 fully saturated rings. The lowest BCUT2D eigenvalue weighted by Gasteiger charge is -2.14. The zero-order valence-electron chi connectivity index (χ0n) is 14.0. The maximum Gasteiger partial charge on any atom is 0.335 e. The first kappa shape index (κ1) is 17.7. The molecule has 0 aromatic heterocycles. The van der Waals surface area contributed by atoms with Crippen molar-refractivity contribution in [1.82, 2.24) is 0 Å². The van der Waals surface area contributed by atoms with Crippen LogP contribution in [-0.4, -0.2) is 24.3 Å². The van der Waals surface area contributed by atoms with Gasteiger partial charge >= 0.3 is 5.97 Å². The van der Waals surface area contributed by atoms with Crippen LogP contribution in [0.4, 0.5) is 5.69 Å². The minimum atomic E-state index is -0.925. The molecule has 0 aliphatic heterocycles. The second kappa shape index (κ2) is 8.82. The number of carbonyl (C=O) groups is 1. The minimum Gasteiger partial charge on any atom is -0.490 e. The van der Waals surface area contributed by atoms with E-state index in [1.54, 1.807) is 24.3 Å². The summed E-state index contributed by atoms with van der Waals surface area (Å²) in [5, 5.41) is 12.2. The number of anilines is 1. The van der Waals surface area contributed by atoms with E-state index in [2.05, 4.69) is 12.2 Å². The highest BCUT2D eigenvalue weighted by Gasteiger charge is 2.07. The summed E-state index contributed by atoms with van der Waals surface area (Å²) in [5.74, 6) is 0.574. The third-order valence-corrected chi connectivity index (χ3v) is 3.40. The number of ether oxygens (including phenoxy) is 2. The molecule has 0 amide bonds. The standard InChI is InChI=1S/C19H23NO4/c1-3-11-24-17-10-5-14(12-18(17)23-4-2)13-20-16-8-6-15(7-9-16)19(21)22/h5-10,12,20H,3-4,11,13H2,1-2H3,(H,21,22). The average Bonchev–Trinajstić information content (AvgIpc) is 2.59. The molecule has 0 bridgehead atoms. The van der Waals surface area contributed by atoms with Crippen LogP contribution < -0.4 is 14.8 Å². The Morgan fingerprint density at radius 2 is 1.79 bits per heavy atom. The molecular weight excluding hydrogens is 306 g/mol. The average molecular weight is 329 g/mol. The number of carboxylic acid groups (broad SMARTS) is 1. The Morgan fingerprint density at radius 1 is 1.04 bits per heavy atom. The predicted molar refractivity (Wildman–Crippen MR) is 94.1 cm³/mol. The van der Waals surface area contributed by atoms with Crippen molar-refractivity contribution in [3.63, 3.8) is 0 Å². The van der Waals surface area contributed by atoms with Gasteiger partial charge < -0.3 is 19.9 Å². The first-order valence-corrected chi connectivity index (χ1v) is 8.09. The number of hydrogen-bond acceptors (Lipinski definition) is 4. The molecule has 128 valence electrons. The molecule has 2 aromatic rings. The van der Waals surface area contributed by atoms with E-state index in [0.717, 1.165) is 29.2 Å². The molecule has 2 N–H and O–H groups in total. The second-order valence-electron chi connectivity index (χ2n) is 5.30. The van der Waals surface area contributed by atoms with Gasteiger partial charge in [0.2, 0.25) is 0 Å². The fourth-order valence-corrected chi connectivity index (χ4v) is 2.20. The lowest BCUT2D eigenvalue weighted by molar-refractivity contribution is 0.0697. The van der Waals surface area contributed by atoms with Crippen LogP contribution in [0.5, 0.6) is 11.5 Å². The zero-order chi connectivity index (χ0) is 17.4. The van der Waals surface area contributed by atoms with Crippen molar-refractivity contribution in [2.24, 2.45) is 0 Å². The van der Waals surface area contributed by atoms with Gasteiger partial charge in [0.15, 0.2) is 11.5 Å². The number of nitrogens with one attached hydrogen (secondary N) is 1. The van der Waals surface area contributed by atoms with Gasteiger partial charge in [-0.1, -0.05) is 13.0 Å². The lowest BCUT2D eigenvalue weighted by atomic mass is 10.1. The summed E-state index contributed by atoms with van der Waals surface area (Å²) in [7, 11) is 0. The molecule has 0 saturated heterocycles. The van der Waals surface area contributed by atoms with E-state index in [1.165, 1.54) is 0 Å². The highest BCUT2D eigenvalue weighted by atomic mass is 16.5. The first-order chi connectivity index (χ1) is 11.6. The van der Waals surface area contributed by atoms with Crippen molar-refractivity contribution < 1.29 is 19.4 Å². The summed E-state index contributed by atoms with van der Waals surface area (Å²) in [4.78, 5) is 10.9. The molecule has 0 heterocycles. The van der Waals surface area contributed by atoms with Crippen molar-refractivity contribution in [1.29, 1.82) is 0 Å². The molecule has 2 rings (SSSR count). The number of hydrogen-bond donors (Lipinski definition) is 2. The molecule has 0 aliphatic carbocycles. The summed E-state index contributed by atoms with van der Waals surface area (Å²) in [6.07, 6.45) is 0.946. The van der Waals surface area contributed by atoms with Crippen LogP contribution in [0.15, 0.2) is 42.5 Å². The maximum atomic E-state index is 10.9. The number of aromatic carboxylic acids is 1. The van der Waals surface area contributed by atoms with Crippen LogP contribution in [0, 0.1) is 0 Å². The van der Waals surface area contributed by atoms with Gasteiger partial charge in [-0.05, 0) is 55.3 Å². The van der Waals surface area contributed by atoms with Crippen molar-refractivity contribution in [3.8, 4) is 11.5 Å². The maximum absolute atomic E-state index is 10.9. The summed E-state index contributed by atoms with van der Waals surface area (Å²) in [6, 6.07) is 12.6. The van der Waals surface area contributed by atoms with Crippen LogP contribution in [-0.2, 0) is 6.54 Å². The smallest absolute Gasteiger partial charge is 0.335 e. The SMILES string of the molecule is CCCOc1ccc(CNc2ccc(C(=O)O)cc2)cc1OCC. The molecule has 0 unspecified atom stereocenters. The molecule has 24 heavy (non-hydrogen) atoms. The predicted octanol–water partition coefficient (Wildman–Crippen LogP) is 4.18. The minimum absolute atomic E-state index is 0.275. The molecule has 0 radical (unpaired) electrons. The van der Waals surface area contributed by atoms with Gasteiger partial charge in [-0.3, -0.25) is 0 Å². The molecule has 5 nitrogen and oxygen atoms in total. The largest absolute Gasteiger partial charge is 0.490 e. The van der Waals surface area contributed by atoms with Gasteiger partial charge in [0.1, 0.15) is 0 Å². The Labute approximate surface area is 142 Å². The van der Waals surface area contributed by atoms with Gasteiger partial charge in [-0.25, -0.2) is 4.79 Å². The molecule has 0 spiro atoms. The van der Waals surface area contributed by atoms with Gasteiger partial charge in [0, 0.05) is 12.2 Å². The van der Waals surface area contributed by atoms with Crippen LogP contribution in [0.2, 0.25) is 0 Å². The van der Waals surface area contributed by atoms with Crippen LogP contribution in [0.25, 0.3) is 0 Å². The Kier molecular flexibility index (Phi) is 6.49. The molecule has 0 saturated carbocycles. The van der Waals surface area contributed by atoms with E-state index in [9.17, 15) is 4.79 Å². The monoisotopic (exact) mass is 329 g/mol. The van der Waals surface area contributed by atoms with Crippen LogP contribution >= 0.6 is 0 Å². The molecule has 0 atom stereocenters. The Hall–Kier alpha value is -2.69. The zero-order valence-corrected chi connectivity index (χ0v) is 14.0.